The fourth-order valence-electron chi connectivity index (χ4n) is 1.37. The van der Waals surface area contributed by atoms with Crippen molar-refractivity contribution in [2.45, 2.75) is 18.9 Å². The second-order valence-electron chi connectivity index (χ2n) is 3.59. The van der Waals surface area contributed by atoms with E-state index in [0.717, 1.165) is 0 Å². The zero-order valence-corrected chi connectivity index (χ0v) is 8.07. The van der Waals surface area contributed by atoms with Crippen LogP contribution < -0.4 is 5.73 Å². The summed E-state index contributed by atoms with van der Waals surface area (Å²) in [6, 6.07) is 4.25. The Hall–Kier alpha value is -1.26. The van der Waals surface area contributed by atoms with Crippen molar-refractivity contribution in [3.63, 3.8) is 0 Å². The van der Waals surface area contributed by atoms with E-state index in [1.807, 2.05) is 0 Å². The Kier molecular flexibility index (Phi) is 2.98. The predicted molar refractivity (Wildman–Crippen MR) is 53.0 cm³/mol. The largest absolute Gasteiger partial charge is 0.508 e. The summed E-state index contributed by atoms with van der Waals surface area (Å²) in [6.07, 6.45) is 0.353. The van der Waals surface area contributed by atoms with Gasteiger partial charge >= 0.3 is 0 Å². The topological polar surface area (TPSA) is 86.7 Å². The van der Waals surface area contributed by atoms with Crippen LogP contribution in [0.2, 0.25) is 0 Å². The third-order valence-electron chi connectivity index (χ3n) is 2.23. The van der Waals surface area contributed by atoms with Crippen LogP contribution in [-0.2, 0) is 5.54 Å². The minimum atomic E-state index is -0.785. The summed E-state index contributed by atoms with van der Waals surface area (Å²) in [5, 5.41) is 27.4. The van der Waals surface area contributed by atoms with Crippen molar-refractivity contribution in [1.29, 1.82) is 0 Å². The highest BCUT2D eigenvalue weighted by Crippen LogP contribution is 2.31. The molecule has 0 saturated heterocycles. The van der Waals surface area contributed by atoms with Gasteiger partial charge in [0.05, 0.1) is 0 Å². The van der Waals surface area contributed by atoms with E-state index in [1.165, 1.54) is 12.1 Å². The van der Waals surface area contributed by atoms with Crippen LogP contribution in [0.15, 0.2) is 18.2 Å². The van der Waals surface area contributed by atoms with Crippen molar-refractivity contribution in [3.05, 3.63) is 23.8 Å². The standard InChI is InChI=1S/C10H15NO3/c1-10(11,4-5-12)8-3-2-7(13)6-9(8)14/h2-3,6,12-14H,4-5,11H2,1H3. The van der Waals surface area contributed by atoms with Gasteiger partial charge in [-0.05, 0) is 25.5 Å². The molecule has 1 aromatic rings. The van der Waals surface area contributed by atoms with Gasteiger partial charge in [0.2, 0.25) is 0 Å². The van der Waals surface area contributed by atoms with Gasteiger partial charge in [0.1, 0.15) is 11.5 Å². The van der Waals surface area contributed by atoms with Gasteiger partial charge in [-0.1, -0.05) is 0 Å². The van der Waals surface area contributed by atoms with Crippen LogP contribution in [0.3, 0.4) is 0 Å². The van der Waals surface area contributed by atoms with Crippen molar-refractivity contribution < 1.29 is 15.3 Å². The number of rotatable bonds is 3. The molecule has 78 valence electrons. The maximum atomic E-state index is 9.53. The maximum Gasteiger partial charge on any atom is 0.124 e. The van der Waals surface area contributed by atoms with Crippen LogP contribution in [-0.4, -0.2) is 21.9 Å². The van der Waals surface area contributed by atoms with Gasteiger partial charge < -0.3 is 21.1 Å². The van der Waals surface area contributed by atoms with Crippen molar-refractivity contribution in [3.8, 4) is 11.5 Å². The van der Waals surface area contributed by atoms with Crippen LogP contribution >= 0.6 is 0 Å². The smallest absolute Gasteiger partial charge is 0.124 e. The van der Waals surface area contributed by atoms with E-state index in [-0.39, 0.29) is 18.1 Å². The summed E-state index contributed by atoms with van der Waals surface area (Å²) in [5.41, 5.74) is 5.63. The number of hydrogen-bond acceptors (Lipinski definition) is 4. The molecular weight excluding hydrogens is 182 g/mol. The number of aliphatic hydroxyl groups is 1. The first kappa shape index (κ1) is 10.8. The summed E-state index contributed by atoms with van der Waals surface area (Å²) in [4.78, 5) is 0. The third kappa shape index (κ3) is 2.16. The monoisotopic (exact) mass is 197 g/mol. The van der Waals surface area contributed by atoms with Crippen LogP contribution in [0, 0.1) is 0 Å². The lowest BCUT2D eigenvalue weighted by molar-refractivity contribution is 0.245. The molecule has 0 heterocycles. The lowest BCUT2D eigenvalue weighted by Gasteiger charge is -2.25. The highest BCUT2D eigenvalue weighted by molar-refractivity contribution is 5.42. The molecule has 0 aliphatic heterocycles. The molecule has 4 heteroatoms. The molecule has 0 saturated carbocycles. The number of phenols is 2. The molecule has 5 N–H and O–H groups in total. The van der Waals surface area contributed by atoms with Crippen molar-refractivity contribution in [1.82, 2.24) is 0 Å². The molecule has 1 rings (SSSR count). The molecular formula is C10H15NO3. The molecule has 0 bridgehead atoms. The van der Waals surface area contributed by atoms with E-state index < -0.39 is 5.54 Å². The summed E-state index contributed by atoms with van der Waals surface area (Å²) >= 11 is 0. The minimum absolute atomic E-state index is 0.00829. The van der Waals surface area contributed by atoms with E-state index in [4.69, 9.17) is 15.9 Å². The normalized spacial score (nSPS) is 15.1. The number of phenolic OH excluding ortho intramolecular Hbond substituents is 2. The minimum Gasteiger partial charge on any atom is -0.508 e. The molecule has 0 spiro atoms. The van der Waals surface area contributed by atoms with E-state index >= 15 is 0 Å². The molecule has 1 unspecified atom stereocenters. The molecule has 0 aliphatic rings. The van der Waals surface area contributed by atoms with Crippen molar-refractivity contribution in [2.24, 2.45) is 5.73 Å². The van der Waals surface area contributed by atoms with Gasteiger partial charge in [-0.15, -0.1) is 0 Å². The molecule has 0 amide bonds. The molecule has 0 aromatic heterocycles. The van der Waals surface area contributed by atoms with Gasteiger partial charge in [0.25, 0.3) is 0 Å². The maximum absolute atomic E-state index is 9.53. The fourth-order valence-corrected chi connectivity index (χ4v) is 1.37. The SMILES string of the molecule is CC(N)(CCO)c1ccc(O)cc1O. The van der Waals surface area contributed by atoms with Gasteiger partial charge in [-0.3, -0.25) is 0 Å². The first-order valence-corrected chi connectivity index (χ1v) is 4.39. The first-order chi connectivity index (χ1) is 6.47. The van der Waals surface area contributed by atoms with Crippen LogP contribution in [0.25, 0.3) is 0 Å². The average molecular weight is 197 g/mol. The fraction of sp³-hybridized carbons (Fsp3) is 0.400. The molecule has 4 nitrogen and oxygen atoms in total. The van der Waals surface area contributed by atoms with E-state index in [1.54, 1.807) is 13.0 Å². The zero-order chi connectivity index (χ0) is 10.8. The predicted octanol–water partition coefficient (Wildman–Crippen LogP) is 0.654. The van der Waals surface area contributed by atoms with E-state index in [9.17, 15) is 5.11 Å². The van der Waals surface area contributed by atoms with Crippen molar-refractivity contribution in [2.75, 3.05) is 6.61 Å². The number of nitrogens with two attached hydrogens (primary N) is 1. The van der Waals surface area contributed by atoms with Gasteiger partial charge in [0.15, 0.2) is 0 Å². The number of aliphatic hydroxyl groups excluding tert-OH is 1. The molecule has 0 aliphatic carbocycles. The van der Waals surface area contributed by atoms with E-state index in [2.05, 4.69) is 0 Å². The molecule has 1 atom stereocenters. The van der Waals surface area contributed by atoms with Crippen LogP contribution in [0.5, 0.6) is 11.5 Å². The second-order valence-corrected chi connectivity index (χ2v) is 3.59. The Morgan fingerprint density at radius 3 is 2.50 bits per heavy atom. The Morgan fingerprint density at radius 2 is 2.00 bits per heavy atom. The summed E-state index contributed by atoms with van der Waals surface area (Å²) in [5.74, 6) is -0.0606. The number of aromatic hydroxyl groups is 2. The van der Waals surface area contributed by atoms with E-state index in [0.29, 0.717) is 12.0 Å². The lowest BCUT2D eigenvalue weighted by Crippen LogP contribution is -2.34. The Balaban J connectivity index is 3.06. The Bertz CT molecular complexity index is 323. The quantitative estimate of drug-likeness (QED) is 0.573. The van der Waals surface area contributed by atoms with Gasteiger partial charge in [-0.2, -0.15) is 0 Å². The van der Waals surface area contributed by atoms with Crippen molar-refractivity contribution >= 4 is 0 Å². The highest BCUT2D eigenvalue weighted by atomic mass is 16.3. The van der Waals surface area contributed by atoms with Gasteiger partial charge in [-0.25, -0.2) is 0 Å². The summed E-state index contributed by atoms with van der Waals surface area (Å²) in [6.45, 7) is 1.67. The molecule has 0 fully saturated rings. The highest BCUT2D eigenvalue weighted by Gasteiger charge is 2.23. The Morgan fingerprint density at radius 1 is 1.36 bits per heavy atom. The third-order valence-corrected chi connectivity index (χ3v) is 2.23. The van der Waals surface area contributed by atoms with Crippen LogP contribution in [0.4, 0.5) is 0 Å². The average Bonchev–Trinajstić information content (AvgIpc) is 2.02. The van der Waals surface area contributed by atoms with Crippen LogP contribution in [0.1, 0.15) is 18.9 Å². The number of benzene rings is 1. The molecule has 1 aromatic carbocycles. The summed E-state index contributed by atoms with van der Waals surface area (Å²) in [7, 11) is 0. The second kappa shape index (κ2) is 3.86. The Labute approximate surface area is 82.6 Å². The number of hydrogen-bond donors (Lipinski definition) is 4. The summed E-state index contributed by atoms with van der Waals surface area (Å²) < 4.78 is 0. The molecule has 14 heavy (non-hydrogen) atoms. The first-order valence-electron chi connectivity index (χ1n) is 4.39. The van der Waals surface area contributed by atoms with Gasteiger partial charge in [0, 0.05) is 23.8 Å². The molecule has 0 radical (unpaired) electrons. The zero-order valence-electron chi connectivity index (χ0n) is 8.07. The lowest BCUT2D eigenvalue weighted by atomic mass is 9.89.